The van der Waals surface area contributed by atoms with Crippen LogP contribution in [0.1, 0.15) is 45.2 Å². The van der Waals surface area contributed by atoms with Crippen molar-refractivity contribution in [2.24, 2.45) is 0 Å². The van der Waals surface area contributed by atoms with Crippen molar-refractivity contribution in [1.82, 2.24) is 9.97 Å². The summed E-state index contributed by atoms with van der Waals surface area (Å²) in [6, 6.07) is 1.99. The minimum absolute atomic E-state index is 0.712. The number of anilines is 2. The maximum Gasteiger partial charge on any atom is 0.224 e. The fourth-order valence-electron chi connectivity index (χ4n) is 1.66. The van der Waals surface area contributed by atoms with E-state index >= 15 is 0 Å². The fourth-order valence-corrected chi connectivity index (χ4v) is 1.66. The van der Waals surface area contributed by atoms with E-state index in [4.69, 9.17) is 0 Å². The summed E-state index contributed by atoms with van der Waals surface area (Å²) in [6.45, 7) is 8.10. The summed E-state index contributed by atoms with van der Waals surface area (Å²) < 4.78 is 0. The molecule has 0 bridgehead atoms. The summed E-state index contributed by atoms with van der Waals surface area (Å²) in [6.07, 6.45) is 5.07. The van der Waals surface area contributed by atoms with Gasteiger partial charge in [-0.05, 0) is 20.3 Å². The highest BCUT2D eigenvalue weighted by Gasteiger charge is 2.00. The fraction of sp³-hybridized carbons (Fsp3) is 0.692. The summed E-state index contributed by atoms with van der Waals surface area (Å²) in [4.78, 5) is 8.73. The largest absolute Gasteiger partial charge is 0.370 e. The number of hydrogen-bond acceptors (Lipinski definition) is 4. The van der Waals surface area contributed by atoms with Crippen molar-refractivity contribution in [3.05, 3.63) is 11.8 Å². The number of aryl methyl sites for hydroxylation is 1. The third-order valence-corrected chi connectivity index (χ3v) is 2.53. The average Bonchev–Trinajstić information content (AvgIpc) is 2.28. The van der Waals surface area contributed by atoms with E-state index in [1.54, 1.807) is 0 Å². The lowest BCUT2D eigenvalue weighted by Gasteiger charge is -2.08. The summed E-state index contributed by atoms with van der Waals surface area (Å²) in [5.74, 6) is 1.63. The van der Waals surface area contributed by atoms with Crippen LogP contribution in [-0.4, -0.2) is 23.1 Å². The highest BCUT2D eigenvalue weighted by molar-refractivity contribution is 5.41. The molecule has 2 N–H and O–H groups in total. The summed E-state index contributed by atoms with van der Waals surface area (Å²) in [5.41, 5.74) is 0.993. The van der Waals surface area contributed by atoms with Crippen LogP contribution >= 0.6 is 0 Å². The summed E-state index contributed by atoms with van der Waals surface area (Å²) in [7, 11) is 0. The van der Waals surface area contributed by atoms with Crippen LogP contribution in [0.3, 0.4) is 0 Å². The predicted octanol–water partition coefficient (Wildman–Crippen LogP) is 3.21. The second-order valence-electron chi connectivity index (χ2n) is 4.24. The molecule has 0 spiro atoms. The van der Waals surface area contributed by atoms with Gasteiger partial charge in [0.05, 0.1) is 0 Å². The third kappa shape index (κ3) is 5.52. The molecule has 1 rings (SSSR count). The lowest BCUT2D eigenvalue weighted by molar-refractivity contribution is 0.684. The minimum atomic E-state index is 0.712. The van der Waals surface area contributed by atoms with Gasteiger partial charge in [0.15, 0.2) is 0 Å². The van der Waals surface area contributed by atoms with Crippen LogP contribution in [0, 0.1) is 6.92 Å². The van der Waals surface area contributed by atoms with Crippen LogP contribution in [0.15, 0.2) is 6.07 Å². The maximum atomic E-state index is 4.41. The van der Waals surface area contributed by atoms with Gasteiger partial charge >= 0.3 is 0 Å². The smallest absolute Gasteiger partial charge is 0.224 e. The molecule has 1 aromatic rings. The van der Waals surface area contributed by atoms with Crippen molar-refractivity contribution in [1.29, 1.82) is 0 Å². The molecule has 0 atom stereocenters. The number of nitrogens with zero attached hydrogens (tertiary/aromatic N) is 2. The molecule has 0 unspecified atom stereocenters. The monoisotopic (exact) mass is 236 g/mol. The molecule has 0 saturated carbocycles. The molecule has 0 fully saturated rings. The highest BCUT2D eigenvalue weighted by Crippen LogP contribution is 2.09. The van der Waals surface area contributed by atoms with Gasteiger partial charge < -0.3 is 10.6 Å². The molecule has 96 valence electrons. The molecule has 0 amide bonds. The number of rotatable bonds is 8. The first-order chi connectivity index (χ1) is 8.26. The molecule has 17 heavy (non-hydrogen) atoms. The van der Waals surface area contributed by atoms with Crippen molar-refractivity contribution >= 4 is 11.8 Å². The van der Waals surface area contributed by atoms with Gasteiger partial charge in [0.2, 0.25) is 5.95 Å². The molecular weight excluding hydrogens is 212 g/mol. The highest BCUT2D eigenvalue weighted by atomic mass is 15.1. The molecule has 0 aliphatic rings. The Kier molecular flexibility index (Phi) is 6.37. The van der Waals surface area contributed by atoms with Crippen LogP contribution in [0.25, 0.3) is 0 Å². The first-order valence-electron chi connectivity index (χ1n) is 6.59. The normalized spacial score (nSPS) is 10.3. The van der Waals surface area contributed by atoms with Gasteiger partial charge in [-0.1, -0.05) is 26.2 Å². The van der Waals surface area contributed by atoms with Crippen LogP contribution < -0.4 is 10.6 Å². The van der Waals surface area contributed by atoms with E-state index in [1.165, 1.54) is 25.7 Å². The second kappa shape index (κ2) is 7.87. The zero-order valence-corrected chi connectivity index (χ0v) is 11.2. The maximum absolute atomic E-state index is 4.41. The Morgan fingerprint density at radius 1 is 1.06 bits per heavy atom. The molecule has 0 saturated heterocycles. The summed E-state index contributed by atoms with van der Waals surface area (Å²) >= 11 is 0. The van der Waals surface area contributed by atoms with Crippen LogP contribution in [0.5, 0.6) is 0 Å². The molecule has 0 aliphatic carbocycles. The van der Waals surface area contributed by atoms with Gasteiger partial charge in [0, 0.05) is 24.8 Å². The minimum Gasteiger partial charge on any atom is -0.370 e. The van der Waals surface area contributed by atoms with Gasteiger partial charge in [0.25, 0.3) is 0 Å². The second-order valence-corrected chi connectivity index (χ2v) is 4.24. The van der Waals surface area contributed by atoms with E-state index in [0.29, 0.717) is 5.95 Å². The lowest BCUT2D eigenvalue weighted by atomic mass is 10.2. The van der Waals surface area contributed by atoms with E-state index in [9.17, 15) is 0 Å². The van der Waals surface area contributed by atoms with E-state index in [-0.39, 0.29) is 0 Å². The van der Waals surface area contributed by atoms with E-state index in [1.807, 2.05) is 19.9 Å². The number of unbranched alkanes of at least 4 members (excludes halogenated alkanes) is 3. The molecule has 1 aromatic heterocycles. The van der Waals surface area contributed by atoms with E-state index in [2.05, 4.69) is 27.5 Å². The topological polar surface area (TPSA) is 49.8 Å². The Labute approximate surface area is 104 Å². The van der Waals surface area contributed by atoms with Gasteiger partial charge in [0.1, 0.15) is 5.82 Å². The SMILES string of the molecule is CCCCCCNc1cc(C)nc(NCC)n1. The van der Waals surface area contributed by atoms with Crippen molar-refractivity contribution in [2.45, 2.75) is 46.5 Å². The van der Waals surface area contributed by atoms with Gasteiger partial charge in [-0.3, -0.25) is 0 Å². The molecule has 4 heteroatoms. The molecule has 0 aliphatic heterocycles. The Morgan fingerprint density at radius 3 is 2.59 bits per heavy atom. The zero-order chi connectivity index (χ0) is 12.5. The molecule has 0 radical (unpaired) electrons. The van der Waals surface area contributed by atoms with Gasteiger partial charge in [-0.25, -0.2) is 4.98 Å². The van der Waals surface area contributed by atoms with Crippen molar-refractivity contribution in [3.8, 4) is 0 Å². The van der Waals surface area contributed by atoms with Gasteiger partial charge in [-0.15, -0.1) is 0 Å². The van der Waals surface area contributed by atoms with Crippen LogP contribution in [0.4, 0.5) is 11.8 Å². The van der Waals surface area contributed by atoms with Crippen molar-refractivity contribution in [3.63, 3.8) is 0 Å². The Morgan fingerprint density at radius 2 is 1.88 bits per heavy atom. The first kappa shape index (κ1) is 13.7. The van der Waals surface area contributed by atoms with Gasteiger partial charge in [-0.2, -0.15) is 4.98 Å². The van der Waals surface area contributed by atoms with E-state index in [0.717, 1.165) is 24.6 Å². The molecule has 0 aromatic carbocycles. The number of nitrogens with one attached hydrogen (secondary N) is 2. The molecule has 1 heterocycles. The Bertz CT molecular complexity index is 325. The van der Waals surface area contributed by atoms with E-state index < -0.39 is 0 Å². The quantitative estimate of drug-likeness (QED) is 0.680. The standard InChI is InChI=1S/C13H24N4/c1-4-6-7-8-9-15-12-10-11(3)16-13(17-12)14-5-2/h10H,4-9H2,1-3H3,(H2,14,15,16,17). The lowest BCUT2D eigenvalue weighted by Crippen LogP contribution is -2.08. The average molecular weight is 236 g/mol. The number of aromatic nitrogens is 2. The van der Waals surface area contributed by atoms with Crippen LogP contribution in [-0.2, 0) is 0 Å². The third-order valence-electron chi connectivity index (χ3n) is 2.53. The molecule has 4 nitrogen and oxygen atoms in total. The number of hydrogen-bond donors (Lipinski definition) is 2. The Balaban J connectivity index is 2.41. The summed E-state index contributed by atoms with van der Waals surface area (Å²) in [5, 5.41) is 6.49. The Hall–Kier alpha value is -1.32. The molecular formula is C13H24N4. The van der Waals surface area contributed by atoms with Crippen LogP contribution in [0.2, 0.25) is 0 Å². The van der Waals surface area contributed by atoms with Crippen molar-refractivity contribution < 1.29 is 0 Å². The van der Waals surface area contributed by atoms with Crippen molar-refractivity contribution in [2.75, 3.05) is 23.7 Å². The zero-order valence-electron chi connectivity index (χ0n) is 11.2. The predicted molar refractivity (Wildman–Crippen MR) is 73.6 cm³/mol. The first-order valence-corrected chi connectivity index (χ1v) is 6.59.